The molecule has 1 fully saturated rings. The highest BCUT2D eigenvalue weighted by molar-refractivity contribution is 7.88. The lowest BCUT2D eigenvalue weighted by Crippen LogP contribution is -2.30. The van der Waals surface area contributed by atoms with E-state index in [9.17, 15) is 8.42 Å². The van der Waals surface area contributed by atoms with E-state index in [4.69, 9.17) is 4.74 Å². The van der Waals surface area contributed by atoms with E-state index in [1.807, 2.05) is 0 Å². The first-order chi connectivity index (χ1) is 14.6. The second kappa shape index (κ2) is 10.3. The molecule has 2 aromatic rings. The first kappa shape index (κ1) is 24.0. The highest BCUT2D eigenvalue weighted by Crippen LogP contribution is 2.39. The van der Waals surface area contributed by atoms with Gasteiger partial charge in [0.1, 0.15) is 5.75 Å². The number of fused-ring (bicyclic) bond motifs is 1. The van der Waals surface area contributed by atoms with Crippen LogP contribution in [-0.4, -0.2) is 33.9 Å². The third kappa shape index (κ3) is 7.78. The van der Waals surface area contributed by atoms with Gasteiger partial charge in [0.25, 0.3) is 0 Å². The molecule has 1 aliphatic rings. The van der Waals surface area contributed by atoms with Crippen molar-refractivity contribution in [3.63, 3.8) is 0 Å². The largest absolute Gasteiger partial charge is 0.490 e. The summed E-state index contributed by atoms with van der Waals surface area (Å²) in [4.78, 5) is 0. The van der Waals surface area contributed by atoms with Crippen molar-refractivity contribution in [3.8, 4) is 5.75 Å². The molecule has 172 valence electrons. The first-order valence-corrected chi connectivity index (χ1v) is 13.3. The van der Waals surface area contributed by atoms with E-state index in [-0.39, 0.29) is 0 Å². The Balaban J connectivity index is 1.48. The van der Waals surface area contributed by atoms with Crippen LogP contribution < -0.4 is 14.8 Å². The summed E-state index contributed by atoms with van der Waals surface area (Å²) in [6.07, 6.45) is 7.07. The molecule has 31 heavy (non-hydrogen) atoms. The summed E-state index contributed by atoms with van der Waals surface area (Å²) in [6.45, 7) is 9.05. The fourth-order valence-electron chi connectivity index (χ4n) is 4.40. The predicted molar refractivity (Wildman–Crippen MR) is 129 cm³/mol. The molecule has 1 aliphatic carbocycles. The second-order valence-electron chi connectivity index (χ2n) is 10.00. The van der Waals surface area contributed by atoms with Crippen molar-refractivity contribution in [2.75, 3.05) is 19.3 Å². The van der Waals surface area contributed by atoms with E-state index in [1.165, 1.54) is 35.4 Å². The number of hydrogen-bond donors (Lipinski definition) is 2. The summed E-state index contributed by atoms with van der Waals surface area (Å²) >= 11 is 0. The Bertz CT molecular complexity index is 958. The van der Waals surface area contributed by atoms with Crippen LogP contribution >= 0.6 is 0 Å². The normalized spacial score (nSPS) is 20.1. The summed E-state index contributed by atoms with van der Waals surface area (Å²) in [6, 6.07) is 12.9. The van der Waals surface area contributed by atoms with Crippen LogP contribution in [0.5, 0.6) is 5.75 Å². The molecule has 0 atom stereocenters. The first-order valence-electron chi connectivity index (χ1n) is 11.4. The van der Waals surface area contributed by atoms with Crippen LogP contribution in [0.25, 0.3) is 10.8 Å². The lowest BCUT2D eigenvalue weighted by atomic mass is 9.72. The van der Waals surface area contributed by atoms with Gasteiger partial charge >= 0.3 is 0 Å². The van der Waals surface area contributed by atoms with Gasteiger partial charge in [-0.1, -0.05) is 39.0 Å². The Morgan fingerprint density at radius 3 is 2.32 bits per heavy atom. The summed E-state index contributed by atoms with van der Waals surface area (Å²) in [5.74, 6) is 1.77. The topological polar surface area (TPSA) is 67.4 Å². The Kier molecular flexibility index (Phi) is 8.00. The van der Waals surface area contributed by atoms with Gasteiger partial charge in [-0.15, -0.1) is 0 Å². The Morgan fingerprint density at radius 2 is 1.65 bits per heavy atom. The molecule has 1 saturated carbocycles. The number of rotatable bonds is 9. The highest BCUT2D eigenvalue weighted by Gasteiger charge is 2.30. The van der Waals surface area contributed by atoms with Gasteiger partial charge in [-0.25, -0.2) is 13.1 Å². The Hall–Kier alpha value is -1.63. The number of hydrogen-bond acceptors (Lipinski definition) is 4. The fraction of sp³-hybridized carbons (Fsp3) is 0.600. The molecule has 0 amide bonds. The highest BCUT2D eigenvalue weighted by atomic mass is 32.2. The van der Waals surface area contributed by atoms with Gasteiger partial charge in [0.05, 0.1) is 12.4 Å². The van der Waals surface area contributed by atoms with Crippen LogP contribution in [0.15, 0.2) is 36.4 Å². The third-order valence-electron chi connectivity index (χ3n) is 6.30. The molecule has 5 nitrogen and oxygen atoms in total. The van der Waals surface area contributed by atoms with Crippen molar-refractivity contribution in [1.29, 1.82) is 0 Å². The van der Waals surface area contributed by atoms with Crippen molar-refractivity contribution in [1.82, 2.24) is 10.0 Å². The standard InChI is InChI=1S/C25H38N2O3S/c1-25(2,3)22-9-12-23(13-10-22)30-24-11-8-20-16-19(6-7-21(20)17-24)18-26-14-5-15-27-31(4,28)29/h6-8,11,16-17,22-23,26-27H,5,9-10,12-15,18H2,1-4H3/t22-,23-. The number of nitrogens with one attached hydrogen (secondary N) is 2. The quantitative estimate of drug-likeness (QED) is 0.540. The molecule has 0 radical (unpaired) electrons. The van der Waals surface area contributed by atoms with Gasteiger partial charge in [0.15, 0.2) is 0 Å². The molecule has 2 N–H and O–H groups in total. The molecule has 0 heterocycles. The second-order valence-corrected chi connectivity index (χ2v) is 11.8. The molecule has 0 bridgehead atoms. The molecule has 3 rings (SSSR count). The molecular formula is C25H38N2O3S. The minimum Gasteiger partial charge on any atom is -0.490 e. The minimum atomic E-state index is -3.10. The number of sulfonamides is 1. The van der Waals surface area contributed by atoms with Crippen LogP contribution in [0.2, 0.25) is 0 Å². The maximum atomic E-state index is 11.1. The molecule has 2 aromatic carbocycles. The van der Waals surface area contributed by atoms with Gasteiger partial charge in [-0.3, -0.25) is 0 Å². The van der Waals surface area contributed by atoms with Crippen LogP contribution in [-0.2, 0) is 16.6 Å². The molecule has 0 spiro atoms. The van der Waals surface area contributed by atoms with E-state index in [2.05, 4.69) is 67.2 Å². The maximum Gasteiger partial charge on any atom is 0.208 e. The van der Waals surface area contributed by atoms with Crippen molar-refractivity contribution >= 4 is 20.8 Å². The van der Waals surface area contributed by atoms with E-state index < -0.39 is 10.0 Å². The SMILES string of the molecule is CC(C)(C)[C@H]1CC[C@H](Oc2ccc3cc(CNCCCNS(C)(=O)=O)ccc3c2)CC1. The fourth-order valence-corrected chi connectivity index (χ4v) is 4.91. The van der Waals surface area contributed by atoms with E-state index in [0.717, 1.165) is 44.0 Å². The van der Waals surface area contributed by atoms with Gasteiger partial charge in [-0.2, -0.15) is 0 Å². The zero-order valence-electron chi connectivity index (χ0n) is 19.4. The van der Waals surface area contributed by atoms with Gasteiger partial charge < -0.3 is 10.1 Å². The van der Waals surface area contributed by atoms with E-state index >= 15 is 0 Å². The average molecular weight is 447 g/mol. The van der Waals surface area contributed by atoms with Crippen molar-refractivity contribution < 1.29 is 13.2 Å². The smallest absolute Gasteiger partial charge is 0.208 e. The molecule has 0 unspecified atom stereocenters. The lowest BCUT2D eigenvalue weighted by Gasteiger charge is -2.37. The summed E-state index contributed by atoms with van der Waals surface area (Å²) in [5, 5.41) is 5.78. The van der Waals surface area contributed by atoms with E-state index in [1.54, 1.807) is 0 Å². The zero-order valence-corrected chi connectivity index (χ0v) is 20.2. The van der Waals surface area contributed by atoms with Crippen LogP contribution in [0, 0.1) is 11.3 Å². The van der Waals surface area contributed by atoms with Gasteiger partial charge in [0.2, 0.25) is 10.0 Å². The zero-order chi connectivity index (χ0) is 22.5. The van der Waals surface area contributed by atoms with Crippen molar-refractivity contribution in [3.05, 3.63) is 42.0 Å². The monoisotopic (exact) mass is 446 g/mol. The summed E-state index contributed by atoms with van der Waals surface area (Å²) in [5.41, 5.74) is 1.62. The Morgan fingerprint density at radius 1 is 0.968 bits per heavy atom. The molecule has 6 heteroatoms. The van der Waals surface area contributed by atoms with Crippen molar-refractivity contribution in [2.45, 2.75) is 65.5 Å². The lowest BCUT2D eigenvalue weighted by molar-refractivity contribution is 0.0883. The Labute approximate surface area is 188 Å². The molecule has 0 aliphatic heterocycles. The molecular weight excluding hydrogens is 408 g/mol. The summed E-state index contributed by atoms with van der Waals surface area (Å²) in [7, 11) is -3.10. The van der Waals surface area contributed by atoms with Gasteiger partial charge in [0, 0.05) is 13.1 Å². The van der Waals surface area contributed by atoms with Crippen LogP contribution in [0.4, 0.5) is 0 Å². The average Bonchev–Trinajstić information content (AvgIpc) is 2.69. The van der Waals surface area contributed by atoms with Crippen LogP contribution in [0.1, 0.15) is 58.4 Å². The molecule has 0 aromatic heterocycles. The summed E-state index contributed by atoms with van der Waals surface area (Å²) < 4.78 is 30.9. The van der Waals surface area contributed by atoms with E-state index in [0.29, 0.717) is 18.1 Å². The molecule has 0 saturated heterocycles. The van der Waals surface area contributed by atoms with Crippen LogP contribution in [0.3, 0.4) is 0 Å². The number of benzene rings is 2. The third-order valence-corrected chi connectivity index (χ3v) is 7.03. The maximum absolute atomic E-state index is 11.1. The van der Waals surface area contributed by atoms with Crippen molar-refractivity contribution in [2.24, 2.45) is 11.3 Å². The number of ether oxygens (including phenoxy) is 1. The minimum absolute atomic E-state index is 0.330. The van der Waals surface area contributed by atoms with Gasteiger partial charge in [-0.05, 0) is 84.5 Å². The predicted octanol–water partition coefficient (Wildman–Crippen LogP) is 4.85.